The highest BCUT2D eigenvalue weighted by atomic mass is 32.2. The zero-order valence-electron chi connectivity index (χ0n) is 16.7. The van der Waals surface area contributed by atoms with E-state index in [1.165, 1.54) is 4.31 Å². The van der Waals surface area contributed by atoms with E-state index in [1.54, 1.807) is 19.9 Å². The highest BCUT2D eigenvalue weighted by Crippen LogP contribution is 2.25. The van der Waals surface area contributed by atoms with Crippen molar-refractivity contribution in [3.8, 4) is 0 Å². The lowest BCUT2D eigenvalue weighted by atomic mass is 10.1. The van der Waals surface area contributed by atoms with Crippen LogP contribution >= 0.6 is 0 Å². The molecule has 1 amide bonds. The van der Waals surface area contributed by atoms with Crippen molar-refractivity contribution in [3.63, 3.8) is 0 Å². The number of aryl methyl sites for hydroxylation is 4. The Bertz CT molecular complexity index is 913. The highest BCUT2D eigenvalue weighted by molar-refractivity contribution is 7.89. The first-order valence-electron chi connectivity index (χ1n) is 9.10. The smallest absolute Gasteiger partial charge is 0.244 e. The molecule has 0 fully saturated rings. The largest absolute Gasteiger partial charge is 0.325 e. The lowest BCUT2D eigenvalue weighted by Gasteiger charge is -2.23. The van der Waals surface area contributed by atoms with E-state index in [4.69, 9.17) is 0 Å². The van der Waals surface area contributed by atoms with E-state index in [-0.39, 0.29) is 19.0 Å². The molecule has 2 aromatic carbocycles. The van der Waals surface area contributed by atoms with Crippen LogP contribution in [0.25, 0.3) is 0 Å². The van der Waals surface area contributed by atoms with Crippen molar-refractivity contribution in [2.75, 3.05) is 18.4 Å². The van der Waals surface area contributed by atoms with Gasteiger partial charge in [-0.15, -0.1) is 0 Å². The molecular formula is C21H28N2O3S. The molecule has 0 aliphatic rings. The highest BCUT2D eigenvalue weighted by Gasteiger charge is 2.29. The standard InChI is InChI=1S/C21H28N2O3S/c1-6-11-23(14-20(24)22-19-10-8-7-9-16(19)3)27(25,26)21-17(4)12-15(2)13-18(21)5/h7-10,12-13H,6,11,14H2,1-5H3,(H,22,24). The number of anilines is 1. The zero-order chi connectivity index (χ0) is 20.2. The molecule has 2 rings (SSSR count). The third-order valence-corrected chi connectivity index (χ3v) is 6.57. The van der Waals surface area contributed by atoms with Crippen LogP contribution in [0.1, 0.15) is 35.6 Å². The van der Waals surface area contributed by atoms with Crippen molar-refractivity contribution in [2.24, 2.45) is 0 Å². The van der Waals surface area contributed by atoms with Gasteiger partial charge in [0.2, 0.25) is 15.9 Å². The van der Waals surface area contributed by atoms with E-state index in [1.807, 2.05) is 51.1 Å². The van der Waals surface area contributed by atoms with Crippen molar-refractivity contribution in [1.82, 2.24) is 4.31 Å². The molecule has 0 saturated carbocycles. The first kappa shape index (κ1) is 21.1. The second-order valence-electron chi connectivity index (χ2n) is 6.93. The fourth-order valence-corrected chi connectivity index (χ4v) is 5.20. The molecule has 0 atom stereocenters. The first-order chi connectivity index (χ1) is 12.7. The Morgan fingerprint density at radius 1 is 1.00 bits per heavy atom. The van der Waals surface area contributed by atoms with Crippen LogP contribution in [0.4, 0.5) is 5.69 Å². The number of rotatable bonds is 7. The van der Waals surface area contributed by atoms with Crippen molar-refractivity contribution >= 4 is 21.6 Å². The molecule has 0 aromatic heterocycles. The zero-order valence-corrected chi connectivity index (χ0v) is 17.5. The summed E-state index contributed by atoms with van der Waals surface area (Å²) in [6.07, 6.45) is 0.626. The molecular weight excluding hydrogens is 360 g/mol. The number of benzene rings is 2. The van der Waals surface area contributed by atoms with E-state index in [0.29, 0.717) is 28.1 Å². The van der Waals surface area contributed by atoms with Gasteiger partial charge in [0.15, 0.2) is 0 Å². The molecule has 0 unspecified atom stereocenters. The van der Waals surface area contributed by atoms with Gasteiger partial charge in [0.1, 0.15) is 0 Å². The van der Waals surface area contributed by atoms with E-state index in [0.717, 1.165) is 11.1 Å². The summed E-state index contributed by atoms with van der Waals surface area (Å²) in [5.74, 6) is -0.344. The number of hydrogen-bond donors (Lipinski definition) is 1. The molecule has 5 nitrogen and oxygen atoms in total. The van der Waals surface area contributed by atoms with Gasteiger partial charge in [-0.05, 0) is 56.9 Å². The number of carbonyl (C=O) groups is 1. The average Bonchev–Trinajstić information content (AvgIpc) is 2.55. The van der Waals surface area contributed by atoms with Crippen molar-refractivity contribution in [2.45, 2.75) is 45.9 Å². The Morgan fingerprint density at radius 3 is 2.15 bits per heavy atom. The minimum absolute atomic E-state index is 0.211. The van der Waals surface area contributed by atoms with Crippen molar-refractivity contribution in [3.05, 3.63) is 58.7 Å². The Labute approximate surface area is 162 Å². The summed E-state index contributed by atoms with van der Waals surface area (Å²) in [5, 5.41) is 2.82. The van der Waals surface area contributed by atoms with Gasteiger partial charge in [-0.25, -0.2) is 8.42 Å². The predicted molar refractivity (Wildman–Crippen MR) is 110 cm³/mol. The summed E-state index contributed by atoms with van der Waals surface area (Å²) < 4.78 is 27.8. The van der Waals surface area contributed by atoms with Crippen LogP contribution in [-0.4, -0.2) is 31.7 Å². The maximum atomic E-state index is 13.3. The molecule has 6 heteroatoms. The van der Waals surface area contributed by atoms with E-state index < -0.39 is 10.0 Å². The maximum Gasteiger partial charge on any atom is 0.244 e. The Kier molecular flexibility index (Phi) is 6.78. The van der Waals surface area contributed by atoms with Gasteiger partial charge in [-0.1, -0.05) is 42.8 Å². The second kappa shape index (κ2) is 8.67. The summed E-state index contributed by atoms with van der Waals surface area (Å²) in [6, 6.07) is 11.1. The number of amides is 1. The first-order valence-corrected chi connectivity index (χ1v) is 10.5. The Hall–Kier alpha value is -2.18. The number of para-hydroxylation sites is 1. The minimum Gasteiger partial charge on any atom is -0.325 e. The molecule has 27 heavy (non-hydrogen) atoms. The van der Waals surface area contributed by atoms with E-state index in [2.05, 4.69) is 5.32 Å². The van der Waals surface area contributed by atoms with Gasteiger partial charge in [0.05, 0.1) is 11.4 Å². The number of hydrogen-bond acceptors (Lipinski definition) is 3. The molecule has 0 radical (unpaired) electrons. The summed E-state index contributed by atoms with van der Waals surface area (Å²) in [4.78, 5) is 12.8. The van der Waals surface area contributed by atoms with E-state index >= 15 is 0 Å². The number of sulfonamides is 1. The fourth-order valence-electron chi connectivity index (χ4n) is 3.30. The van der Waals surface area contributed by atoms with Crippen LogP contribution in [0.2, 0.25) is 0 Å². The SMILES string of the molecule is CCCN(CC(=O)Nc1ccccc1C)S(=O)(=O)c1c(C)cc(C)cc1C. The molecule has 0 heterocycles. The molecule has 2 aromatic rings. The lowest BCUT2D eigenvalue weighted by Crippen LogP contribution is -2.39. The normalized spacial score (nSPS) is 11.6. The van der Waals surface area contributed by atoms with Crippen LogP contribution in [0.5, 0.6) is 0 Å². The minimum atomic E-state index is -3.77. The van der Waals surface area contributed by atoms with Gasteiger partial charge < -0.3 is 5.32 Å². The summed E-state index contributed by atoms with van der Waals surface area (Å²) in [5.41, 5.74) is 4.05. The number of nitrogens with zero attached hydrogens (tertiary/aromatic N) is 1. The van der Waals surface area contributed by atoms with Gasteiger partial charge in [0, 0.05) is 12.2 Å². The van der Waals surface area contributed by atoms with Gasteiger partial charge in [0.25, 0.3) is 0 Å². The second-order valence-corrected chi connectivity index (χ2v) is 8.80. The molecule has 146 valence electrons. The summed E-state index contributed by atoms with van der Waals surface area (Å²) >= 11 is 0. The summed E-state index contributed by atoms with van der Waals surface area (Å²) in [7, 11) is -3.77. The molecule has 0 aliphatic carbocycles. The number of carbonyl (C=O) groups excluding carboxylic acids is 1. The van der Waals surface area contributed by atoms with Crippen molar-refractivity contribution < 1.29 is 13.2 Å². The molecule has 1 N–H and O–H groups in total. The molecule has 0 bridgehead atoms. The molecule has 0 aliphatic heterocycles. The van der Waals surface area contributed by atoms with Crippen molar-refractivity contribution in [1.29, 1.82) is 0 Å². The van der Waals surface area contributed by atoms with Gasteiger partial charge in [-0.2, -0.15) is 4.31 Å². The average molecular weight is 389 g/mol. The van der Waals surface area contributed by atoms with Crippen LogP contribution in [0.15, 0.2) is 41.3 Å². The van der Waals surface area contributed by atoms with Gasteiger partial charge >= 0.3 is 0 Å². The van der Waals surface area contributed by atoms with Gasteiger partial charge in [-0.3, -0.25) is 4.79 Å². The third kappa shape index (κ3) is 4.96. The van der Waals surface area contributed by atoms with Crippen LogP contribution in [0.3, 0.4) is 0 Å². The van der Waals surface area contributed by atoms with Crippen LogP contribution in [-0.2, 0) is 14.8 Å². The molecule has 0 saturated heterocycles. The lowest BCUT2D eigenvalue weighted by molar-refractivity contribution is -0.116. The quantitative estimate of drug-likeness (QED) is 0.781. The topological polar surface area (TPSA) is 66.5 Å². The predicted octanol–water partition coefficient (Wildman–Crippen LogP) is 3.96. The third-order valence-electron chi connectivity index (χ3n) is 4.41. The summed E-state index contributed by atoms with van der Waals surface area (Å²) in [6.45, 7) is 9.41. The number of nitrogens with one attached hydrogen (secondary N) is 1. The van der Waals surface area contributed by atoms with Crippen LogP contribution < -0.4 is 5.32 Å². The monoisotopic (exact) mass is 388 g/mol. The fraction of sp³-hybridized carbons (Fsp3) is 0.381. The Balaban J connectivity index is 2.31. The Morgan fingerprint density at radius 2 is 1.59 bits per heavy atom. The van der Waals surface area contributed by atoms with E-state index in [9.17, 15) is 13.2 Å². The maximum absolute atomic E-state index is 13.3. The van der Waals surface area contributed by atoms with Crippen LogP contribution in [0, 0.1) is 27.7 Å². The molecule has 0 spiro atoms.